The summed E-state index contributed by atoms with van der Waals surface area (Å²) in [5.74, 6) is 0. The Kier molecular flexibility index (Phi) is 9.62. The quantitative estimate of drug-likeness (QED) is 0.567. The van der Waals surface area contributed by atoms with Gasteiger partial charge in [0.25, 0.3) is 0 Å². The SMILES string of the molecule is C=C(C)/C=C(/Cl)C(=C)Cl.CC. The summed E-state index contributed by atoms with van der Waals surface area (Å²) >= 11 is 11.0. The molecule has 0 rings (SSSR count). The molecule has 0 saturated carbocycles. The van der Waals surface area contributed by atoms with E-state index in [9.17, 15) is 0 Å². The van der Waals surface area contributed by atoms with E-state index < -0.39 is 0 Å². The Morgan fingerprint density at radius 2 is 1.55 bits per heavy atom. The van der Waals surface area contributed by atoms with Gasteiger partial charge >= 0.3 is 0 Å². The molecule has 0 heterocycles. The minimum Gasteiger partial charge on any atom is -0.0961 e. The molecule has 0 fully saturated rings. The molecule has 0 aromatic rings. The lowest BCUT2D eigenvalue weighted by molar-refractivity contribution is 1.50. The summed E-state index contributed by atoms with van der Waals surface area (Å²) in [5.41, 5.74) is 0.863. The molecule has 64 valence electrons. The highest BCUT2D eigenvalue weighted by molar-refractivity contribution is 6.43. The van der Waals surface area contributed by atoms with Crippen LogP contribution in [0.3, 0.4) is 0 Å². The lowest BCUT2D eigenvalue weighted by atomic mass is 10.3. The van der Waals surface area contributed by atoms with Crippen molar-refractivity contribution in [3.8, 4) is 0 Å². The van der Waals surface area contributed by atoms with Crippen LogP contribution in [0.15, 0.2) is 34.9 Å². The van der Waals surface area contributed by atoms with Crippen molar-refractivity contribution < 1.29 is 0 Å². The third-order valence-corrected chi connectivity index (χ3v) is 1.27. The molecular weight excluding hydrogens is 179 g/mol. The van der Waals surface area contributed by atoms with Gasteiger partial charge in [-0.3, -0.25) is 0 Å². The summed E-state index contributed by atoms with van der Waals surface area (Å²) in [6.07, 6.45) is 1.66. The average molecular weight is 193 g/mol. The van der Waals surface area contributed by atoms with Crippen LogP contribution in [0.1, 0.15) is 20.8 Å². The van der Waals surface area contributed by atoms with Gasteiger partial charge in [-0.2, -0.15) is 0 Å². The second-order valence-electron chi connectivity index (χ2n) is 1.74. The molecule has 0 aromatic carbocycles. The third kappa shape index (κ3) is 9.80. The Bertz CT molecular complexity index is 166. The maximum atomic E-state index is 5.58. The number of hydrogen-bond donors (Lipinski definition) is 0. The molecule has 0 atom stereocenters. The van der Waals surface area contributed by atoms with Crippen molar-refractivity contribution in [1.29, 1.82) is 0 Å². The monoisotopic (exact) mass is 192 g/mol. The standard InChI is InChI=1S/C7H8Cl2.C2H6/c1-5(2)4-7(9)6(3)8;1-2/h4H,1,3H2,2H3;1-2H3/b7-4+;. The van der Waals surface area contributed by atoms with Gasteiger partial charge in [-0.15, -0.1) is 0 Å². The van der Waals surface area contributed by atoms with Crippen molar-refractivity contribution >= 4 is 23.2 Å². The molecule has 0 unspecified atom stereocenters. The van der Waals surface area contributed by atoms with Gasteiger partial charge in [0.15, 0.2) is 0 Å². The Hall–Kier alpha value is -0.200. The first-order valence-corrected chi connectivity index (χ1v) is 4.17. The summed E-state index contributed by atoms with van der Waals surface area (Å²) in [4.78, 5) is 0. The zero-order valence-electron chi connectivity index (χ0n) is 7.25. The Morgan fingerprint density at radius 3 is 1.64 bits per heavy atom. The van der Waals surface area contributed by atoms with Crippen LogP contribution in [0.4, 0.5) is 0 Å². The lowest BCUT2D eigenvalue weighted by Crippen LogP contribution is -1.69. The first kappa shape index (κ1) is 13.4. The maximum Gasteiger partial charge on any atom is 0.0588 e. The zero-order chi connectivity index (χ0) is 9.44. The molecule has 11 heavy (non-hydrogen) atoms. The van der Waals surface area contributed by atoms with Crippen LogP contribution in [0.5, 0.6) is 0 Å². The second-order valence-corrected chi connectivity index (χ2v) is 2.61. The van der Waals surface area contributed by atoms with Crippen molar-refractivity contribution in [1.82, 2.24) is 0 Å². The van der Waals surface area contributed by atoms with Crippen molar-refractivity contribution in [2.75, 3.05) is 0 Å². The maximum absolute atomic E-state index is 5.58. The van der Waals surface area contributed by atoms with Crippen molar-refractivity contribution in [3.63, 3.8) is 0 Å². The molecule has 0 spiro atoms. The minimum atomic E-state index is 0.347. The number of hydrogen-bond acceptors (Lipinski definition) is 0. The highest BCUT2D eigenvalue weighted by Gasteiger charge is 1.91. The second kappa shape index (κ2) is 7.90. The molecule has 0 bridgehead atoms. The normalized spacial score (nSPS) is 9.73. The average Bonchev–Trinajstić information content (AvgIpc) is 1.90. The minimum absolute atomic E-state index is 0.347. The van der Waals surface area contributed by atoms with E-state index in [1.807, 2.05) is 20.8 Å². The van der Waals surface area contributed by atoms with E-state index >= 15 is 0 Å². The first-order valence-electron chi connectivity index (χ1n) is 3.41. The molecule has 0 aliphatic heterocycles. The Morgan fingerprint density at radius 1 is 1.18 bits per heavy atom. The van der Waals surface area contributed by atoms with Gasteiger partial charge in [-0.05, 0) is 13.0 Å². The van der Waals surface area contributed by atoms with Gasteiger partial charge in [-0.1, -0.05) is 55.8 Å². The smallest absolute Gasteiger partial charge is 0.0588 e. The highest BCUT2D eigenvalue weighted by atomic mass is 35.5. The molecule has 0 aliphatic carbocycles. The van der Waals surface area contributed by atoms with Gasteiger partial charge in [-0.25, -0.2) is 0 Å². The highest BCUT2D eigenvalue weighted by Crippen LogP contribution is 2.17. The predicted molar refractivity (Wildman–Crippen MR) is 55.1 cm³/mol. The summed E-state index contributed by atoms with van der Waals surface area (Å²) in [6.45, 7) is 12.9. The molecule has 0 aromatic heterocycles. The number of halogens is 2. The summed E-state index contributed by atoms with van der Waals surface area (Å²) in [6, 6.07) is 0. The van der Waals surface area contributed by atoms with Crippen LogP contribution in [0, 0.1) is 0 Å². The van der Waals surface area contributed by atoms with Crippen LogP contribution in [0.2, 0.25) is 0 Å². The van der Waals surface area contributed by atoms with Crippen LogP contribution in [0.25, 0.3) is 0 Å². The summed E-state index contributed by atoms with van der Waals surface area (Å²) in [7, 11) is 0. The van der Waals surface area contributed by atoms with E-state index in [0.717, 1.165) is 5.57 Å². The molecule has 0 nitrogen and oxygen atoms in total. The Balaban J connectivity index is 0. The fraction of sp³-hybridized carbons (Fsp3) is 0.333. The van der Waals surface area contributed by atoms with E-state index in [2.05, 4.69) is 13.2 Å². The van der Waals surface area contributed by atoms with Crippen LogP contribution in [-0.2, 0) is 0 Å². The molecule has 2 heteroatoms. The van der Waals surface area contributed by atoms with E-state index in [-0.39, 0.29) is 0 Å². The largest absolute Gasteiger partial charge is 0.0961 e. The van der Waals surface area contributed by atoms with Gasteiger partial charge in [0.05, 0.1) is 10.1 Å². The summed E-state index contributed by atoms with van der Waals surface area (Å²) in [5, 5.41) is 0.795. The molecule has 0 amide bonds. The van der Waals surface area contributed by atoms with Crippen molar-refractivity contribution in [2.24, 2.45) is 0 Å². The van der Waals surface area contributed by atoms with E-state index in [0.29, 0.717) is 10.1 Å². The van der Waals surface area contributed by atoms with Gasteiger partial charge < -0.3 is 0 Å². The zero-order valence-corrected chi connectivity index (χ0v) is 8.76. The van der Waals surface area contributed by atoms with E-state index in [4.69, 9.17) is 23.2 Å². The molecule has 0 saturated heterocycles. The summed E-state index contributed by atoms with van der Waals surface area (Å²) < 4.78 is 0. The number of rotatable bonds is 2. The molecule has 0 radical (unpaired) electrons. The molecule has 0 N–H and O–H groups in total. The van der Waals surface area contributed by atoms with Gasteiger partial charge in [0, 0.05) is 0 Å². The van der Waals surface area contributed by atoms with Crippen LogP contribution in [-0.4, -0.2) is 0 Å². The van der Waals surface area contributed by atoms with E-state index in [1.165, 1.54) is 0 Å². The third-order valence-electron chi connectivity index (χ3n) is 0.632. The first-order chi connectivity index (χ1) is 5.04. The molecule has 0 aliphatic rings. The van der Waals surface area contributed by atoms with Gasteiger partial charge in [0.2, 0.25) is 0 Å². The number of allylic oxidation sites excluding steroid dienone is 4. The molecular formula is C9H14Cl2. The van der Waals surface area contributed by atoms with Gasteiger partial charge in [0.1, 0.15) is 0 Å². The fourth-order valence-corrected chi connectivity index (χ4v) is 0.535. The predicted octanol–water partition coefficient (Wildman–Crippen LogP) is 4.46. The van der Waals surface area contributed by atoms with E-state index in [1.54, 1.807) is 6.08 Å². The van der Waals surface area contributed by atoms with Crippen LogP contribution >= 0.6 is 23.2 Å². The topological polar surface area (TPSA) is 0 Å². The Labute approximate surface area is 79.2 Å². The van der Waals surface area contributed by atoms with Crippen LogP contribution < -0.4 is 0 Å². The fourth-order valence-electron chi connectivity index (χ4n) is 0.295. The van der Waals surface area contributed by atoms with Crippen molar-refractivity contribution in [3.05, 3.63) is 34.9 Å². The lowest BCUT2D eigenvalue weighted by Gasteiger charge is -1.91. The van der Waals surface area contributed by atoms with Crippen molar-refractivity contribution in [2.45, 2.75) is 20.8 Å².